The van der Waals surface area contributed by atoms with E-state index in [1.807, 2.05) is 0 Å². The van der Waals surface area contributed by atoms with E-state index >= 15 is 0 Å². The minimum Gasteiger partial charge on any atom is -0.353 e. The Balaban J connectivity index is 1.65. The Labute approximate surface area is 117 Å². The summed E-state index contributed by atoms with van der Waals surface area (Å²) in [7, 11) is 0. The molecule has 1 saturated carbocycles. The summed E-state index contributed by atoms with van der Waals surface area (Å²) < 4.78 is 0. The summed E-state index contributed by atoms with van der Waals surface area (Å²) in [6.45, 7) is 6.88. The van der Waals surface area contributed by atoms with Gasteiger partial charge >= 0.3 is 0 Å². The van der Waals surface area contributed by atoms with Gasteiger partial charge in [0.25, 0.3) is 0 Å². The van der Waals surface area contributed by atoms with Crippen LogP contribution in [-0.2, 0) is 4.79 Å². The zero-order valence-corrected chi connectivity index (χ0v) is 12.6. The second-order valence-electron chi connectivity index (χ2n) is 6.91. The number of nitrogens with one attached hydrogen (secondary N) is 2. The molecule has 0 aromatic heterocycles. The number of piperidine rings is 1. The highest BCUT2D eigenvalue weighted by molar-refractivity contribution is 5.76. The lowest BCUT2D eigenvalue weighted by Crippen LogP contribution is -2.40. The molecular formula is C16H30N2O. The number of amides is 1. The SMILES string of the molecule is CC1CC(C)CC(NC(=O)CCC2CCNCC2)C1. The fourth-order valence-corrected chi connectivity index (χ4v) is 3.87. The maximum Gasteiger partial charge on any atom is 0.220 e. The van der Waals surface area contributed by atoms with E-state index in [1.165, 1.54) is 32.1 Å². The van der Waals surface area contributed by atoms with Gasteiger partial charge in [0.2, 0.25) is 5.91 Å². The topological polar surface area (TPSA) is 41.1 Å². The van der Waals surface area contributed by atoms with Gasteiger partial charge < -0.3 is 10.6 Å². The molecule has 1 saturated heterocycles. The molecule has 0 radical (unpaired) electrons. The highest BCUT2D eigenvalue weighted by Gasteiger charge is 2.25. The van der Waals surface area contributed by atoms with Crippen LogP contribution >= 0.6 is 0 Å². The fraction of sp³-hybridized carbons (Fsp3) is 0.938. The summed E-state index contributed by atoms with van der Waals surface area (Å²) in [5, 5.41) is 6.64. The molecule has 3 nitrogen and oxygen atoms in total. The van der Waals surface area contributed by atoms with E-state index in [-0.39, 0.29) is 5.91 Å². The third-order valence-electron chi connectivity index (χ3n) is 4.78. The van der Waals surface area contributed by atoms with Gasteiger partial charge in [0.1, 0.15) is 0 Å². The molecule has 2 rings (SSSR count). The van der Waals surface area contributed by atoms with Crippen molar-refractivity contribution in [2.45, 2.75) is 64.8 Å². The molecule has 2 aliphatic rings. The maximum atomic E-state index is 12.0. The van der Waals surface area contributed by atoms with Crippen molar-refractivity contribution < 1.29 is 4.79 Å². The lowest BCUT2D eigenvalue weighted by molar-refractivity contribution is -0.122. The first-order valence-electron chi connectivity index (χ1n) is 8.13. The van der Waals surface area contributed by atoms with Crippen LogP contribution in [0.25, 0.3) is 0 Å². The number of rotatable bonds is 4. The molecule has 0 aromatic rings. The Kier molecular flexibility index (Phi) is 5.68. The molecule has 0 aromatic carbocycles. The molecule has 1 heterocycles. The first kappa shape index (κ1) is 14.8. The van der Waals surface area contributed by atoms with Crippen LogP contribution in [0, 0.1) is 17.8 Å². The highest BCUT2D eigenvalue weighted by atomic mass is 16.1. The van der Waals surface area contributed by atoms with Crippen molar-refractivity contribution in [3.63, 3.8) is 0 Å². The predicted molar refractivity (Wildman–Crippen MR) is 78.9 cm³/mol. The summed E-state index contributed by atoms with van der Waals surface area (Å²) in [6.07, 6.45) is 7.94. The van der Waals surface area contributed by atoms with Crippen LogP contribution in [-0.4, -0.2) is 25.0 Å². The van der Waals surface area contributed by atoms with E-state index < -0.39 is 0 Å². The van der Waals surface area contributed by atoms with Gasteiger partial charge in [0.05, 0.1) is 0 Å². The second-order valence-corrected chi connectivity index (χ2v) is 6.91. The molecule has 2 N–H and O–H groups in total. The van der Waals surface area contributed by atoms with Crippen molar-refractivity contribution in [1.29, 1.82) is 0 Å². The standard InChI is InChI=1S/C16H30N2O/c1-12-9-13(2)11-15(10-12)18-16(19)4-3-14-5-7-17-8-6-14/h12-15,17H,3-11H2,1-2H3,(H,18,19). The van der Waals surface area contributed by atoms with Crippen molar-refractivity contribution in [2.24, 2.45) is 17.8 Å². The molecule has 2 fully saturated rings. The Morgan fingerprint density at radius 2 is 1.74 bits per heavy atom. The van der Waals surface area contributed by atoms with Gasteiger partial charge in [0, 0.05) is 12.5 Å². The summed E-state index contributed by atoms with van der Waals surface area (Å²) in [5.74, 6) is 2.57. The summed E-state index contributed by atoms with van der Waals surface area (Å²) >= 11 is 0. The van der Waals surface area contributed by atoms with Crippen LogP contribution in [0.5, 0.6) is 0 Å². The number of carbonyl (C=O) groups is 1. The fourth-order valence-electron chi connectivity index (χ4n) is 3.87. The summed E-state index contributed by atoms with van der Waals surface area (Å²) in [4.78, 5) is 12.0. The quantitative estimate of drug-likeness (QED) is 0.821. The molecule has 1 amide bonds. The average molecular weight is 266 g/mol. The van der Waals surface area contributed by atoms with Crippen LogP contribution in [0.1, 0.15) is 58.8 Å². The molecule has 3 heteroatoms. The van der Waals surface area contributed by atoms with E-state index in [2.05, 4.69) is 24.5 Å². The van der Waals surface area contributed by atoms with Crippen molar-refractivity contribution in [3.8, 4) is 0 Å². The normalized spacial score (nSPS) is 33.1. The zero-order chi connectivity index (χ0) is 13.7. The van der Waals surface area contributed by atoms with Crippen LogP contribution < -0.4 is 10.6 Å². The molecule has 2 unspecified atom stereocenters. The predicted octanol–water partition coefficient (Wildman–Crippen LogP) is 2.71. The van der Waals surface area contributed by atoms with E-state index in [0.29, 0.717) is 6.04 Å². The molecule has 19 heavy (non-hydrogen) atoms. The molecular weight excluding hydrogens is 236 g/mol. The smallest absolute Gasteiger partial charge is 0.220 e. The molecule has 110 valence electrons. The van der Waals surface area contributed by atoms with Gasteiger partial charge in [-0.1, -0.05) is 13.8 Å². The van der Waals surface area contributed by atoms with Crippen molar-refractivity contribution >= 4 is 5.91 Å². The first-order chi connectivity index (χ1) is 9.13. The molecule has 2 atom stereocenters. The molecule has 1 aliphatic heterocycles. The van der Waals surface area contributed by atoms with Gasteiger partial charge in [0.15, 0.2) is 0 Å². The molecule has 0 bridgehead atoms. The lowest BCUT2D eigenvalue weighted by atomic mass is 9.80. The number of hydrogen-bond donors (Lipinski definition) is 2. The highest BCUT2D eigenvalue weighted by Crippen LogP contribution is 2.28. The maximum absolute atomic E-state index is 12.0. The van der Waals surface area contributed by atoms with Crippen LogP contribution in [0.3, 0.4) is 0 Å². The lowest BCUT2D eigenvalue weighted by Gasteiger charge is -2.32. The largest absolute Gasteiger partial charge is 0.353 e. The van der Waals surface area contributed by atoms with Gasteiger partial charge in [-0.3, -0.25) is 4.79 Å². The van der Waals surface area contributed by atoms with E-state index in [0.717, 1.165) is 43.7 Å². The van der Waals surface area contributed by atoms with Gasteiger partial charge in [-0.15, -0.1) is 0 Å². The second kappa shape index (κ2) is 7.28. The first-order valence-corrected chi connectivity index (χ1v) is 8.13. The number of carbonyl (C=O) groups excluding carboxylic acids is 1. The summed E-state index contributed by atoms with van der Waals surface area (Å²) in [5.41, 5.74) is 0. The van der Waals surface area contributed by atoms with Gasteiger partial charge in [-0.25, -0.2) is 0 Å². The zero-order valence-electron chi connectivity index (χ0n) is 12.6. The molecule has 1 aliphatic carbocycles. The Hall–Kier alpha value is -0.570. The van der Waals surface area contributed by atoms with Crippen molar-refractivity contribution in [2.75, 3.05) is 13.1 Å². The minimum absolute atomic E-state index is 0.282. The average Bonchev–Trinajstić information content (AvgIpc) is 2.36. The van der Waals surface area contributed by atoms with E-state index in [4.69, 9.17) is 0 Å². The summed E-state index contributed by atoms with van der Waals surface area (Å²) in [6, 6.07) is 0.430. The third-order valence-corrected chi connectivity index (χ3v) is 4.78. The van der Waals surface area contributed by atoms with E-state index in [9.17, 15) is 4.79 Å². The number of hydrogen-bond acceptors (Lipinski definition) is 2. The minimum atomic E-state index is 0.282. The Bertz CT molecular complexity index is 276. The van der Waals surface area contributed by atoms with Crippen LogP contribution in [0.4, 0.5) is 0 Å². The van der Waals surface area contributed by atoms with Gasteiger partial charge in [-0.2, -0.15) is 0 Å². The third kappa shape index (κ3) is 5.13. The van der Waals surface area contributed by atoms with Crippen molar-refractivity contribution in [1.82, 2.24) is 10.6 Å². The Morgan fingerprint density at radius 1 is 1.11 bits per heavy atom. The molecule has 0 spiro atoms. The monoisotopic (exact) mass is 266 g/mol. The van der Waals surface area contributed by atoms with Crippen LogP contribution in [0.2, 0.25) is 0 Å². The van der Waals surface area contributed by atoms with Gasteiger partial charge in [-0.05, 0) is 69.4 Å². The van der Waals surface area contributed by atoms with Crippen LogP contribution in [0.15, 0.2) is 0 Å². The Morgan fingerprint density at radius 3 is 2.37 bits per heavy atom. The van der Waals surface area contributed by atoms with E-state index in [1.54, 1.807) is 0 Å². The van der Waals surface area contributed by atoms with Crippen molar-refractivity contribution in [3.05, 3.63) is 0 Å².